The van der Waals surface area contributed by atoms with Crippen molar-refractivity contribution < 1.29 is 14.3 Å². The van der Waals surface area contributed by atoms with E-state index in [0.717, 1.165) is 17.3 Å². The lowest BCUT2D eigenvalue weighted by molar-refractivity contribution is -0.0847. The van der Waals surface area contributed by atoms with E-state index in [2.05, 4.69) is 43.4 Å². The molecule has 0 spiro atoms. The third-order valence-corrected chi connectivity index (χ3v) is 4.82. The smallest absolute Gasteiger partial charge is 0.410 e. The zero-order valence-electron chi connectivity index (χ0n) is 14.7. The van der Waals surface area contributed by atoms with Crippen LogP contribution in [0.4, 0.5) is 4.79 Å². The number of amides is 1. The Morgan fingerprint density at radius 1 is 1.14 bits per heavy atom. The molecule has 126 valence electrons. The number of alkyl halides is 1. The Labute approximate surface area is 144 Å². The summed E-state index contributed by atoms with van der Waals surface area (Å²) in [5, 5.41) is 0. The molecule has 5 heteroatoms. The lowest BCUT2D eigenvalue weighted by atomic mass is 10.1. The Balaban J connectivity index is 4.85. The van der Waals surface area contributed by atoms with Gasteiger partial charge in [0.15, 0.2) is 0 Å². The van der Waals surface area contributed by atoms with Gasteiger partial charge in [0.1, 0.15) is 5.60 Å². The van der Waals surface area contributed by atoms with Crippen molar-refractivity contribution in [1.82, 2.24) is 4.90 Å². The molecule has 0 aromatic carbocycles. The topological polar surface area (TPSA) is 38.8 Å². The summed E-state index contributed by atoms with van der Waals surface area (Å²) in [6, 6.07) is 0. The minimum Gasteiger partial charge on any atom is -0.444 e. The lowest BCUT2D eigenvalue weighted by Crippen LogP contribution is -2.49. The van der Waals surface area contributed by atoms with Crippen LogP contribution < -0.4 is 0 Å². The van der Waals surface area contributed by atoms with Crippen molar-refractivity contribution in [3.63, 3.8) is 0 Å². The molecule has 0 bridgehead atoms. The van der Waals surface area contributed by atoms with E-state index in [1.807, 2.05) is 27.7 Å². The lowest BCUT2D eigenvalue weighted by Gasteiger charge is -2.37. The first-order valence-corrected chi connectivity index (χ1v) is 9.35. The van der Waals surface area contributed by atoms with Crippen LogP contribution in [0, 0.1) is 0 Å². The van der Waals surface area contributed by atoms with E-state index < -0.39 is 5.60 Å². The molecule has 0 aromatic heterocycles. The van der Waals surface area contributed by atoms with Crippen LogP contribution in [0.15, 0.2) is 0 Å². The van der Waals surface area contributed by atoms with Gasteiger partial charge in [-0.25, -0.2) is 4.79 Å². The monoisotopic (exact) mass is 413 g/mol. The Morgan fingerprint density at radius 3 is 2.00 bits per heavy atom. The summed E-state index contributed by atoms with van der Waals surface area (Å²) in [6.07, 6.45) is 1.94. The summed E-state index contributed by atoms with van der Waals surface area (Å²) in [5.41, 5.74) is -0.814. The summed E-state index contributed by atoms with van der Waals surface area (Å²) in [4.78, 5) is 14.0. The molecular formula is C16H32INO3. The number of halogens is 1. The van der Waals surface area contributed by atoms with Crippen LogP contribution >= 0.6 is 22.6 Å². The van der Waals surface area contributed by atoms with Crippen molar-refractivity contribution >= 4 is 28.7 Å². The number of carbonyl (C=O) groups is 1. The van der Waals surface area contributed by atoms with E-state index >= 15 is 0 Å². The molecule has 0 aliphatic carbocycles. The van der Waals surface area contributed by atoms with E-state index in [4.69, 9.17) is 9.47 Å². The van der Waals surface area contributed by atoms with E-state index in [0.29, 0.717) is 13.1 Å². The zero-order valence-corrected chi connectivity index (χ0v) is 16.8. The molecule has 21 heavy (non-hydrogen) atoms. The Kier molecular flexibility index (Phi) is 9.16. The maximum absolute atomic E-state index is 12.3. The first-order valence-electron chi connectivity index (χ1n) is 7.82. The number of hydrogen-bond acceptors (Lipinski definition) is 3. The average Bonchev–Trinajstić information content (AvgIpc) is 2.40. The van der Waals surface area contributed by atoms with Gasteiger partial charge in [-0.3, -0.25) is 0 Å². The average molecular weight is 413 g/mol. The molecule has 1 atom stereocenters. The molecule has 4 nitrogen and oxygen atoms in total. The van der Waals surface area contributed by atoms with Crippen LogP contribution in [0.2, 0.25) is 0 Å². The van der Waals surface area contributed by atoms with Gasteiger partial charge in [-0.1, -0.05) is 36.4 Å². The fourth-order valence-electron chi connectivity index (χ4n) is 2.00. The third-order valence-electron chi connectivity index (χ3n) is 3.20. The molecule has 0 aliphatic heterocycles. The van der Waals surface area contributed by atoms with Gasteiger partial charge in [0.2, 0.25) is 0 Å². The normalized spacial score (nSPS) is 14.9. The quantitative estimate of drug-likeness (QED) is 0.430. The highest BCUT2D eigenvalue weighted by Gasteiger charge is 2.32. The van der Waals surface area contributed by atoms with E-state index in [-0.39, 0.29) is 17.8 Å². The van der Waals surface area contributed by atoms with Crippen LogP contribution in [-0.4, -0.2) is 45.8 Å². The first kappa shape index (κ1) is 21.0. The van der Waals surface area contributed by atoms with Gasteiger partial charge >= 0.3 is 6.09 Å². The third kappa shape index (κ3) is 8.24. The van der Waals surface area contributed by atoms with E-state index in [9.17, 15) is 4.79 Å². The highest BCUT2D eigenvalue weighted by atomic mass is 127. The molecule has 0 heterocycles. The SMILES string of the molecule is CCC(CC)OC(C)(CI)CN(CC)C(=O)OC(C)(C)C. The number of ether oxygens (including phenoxy) is 2. The second kappa shape index (κ2) is 9.18. The fraction of sp³-hybridized carbons (Fsp3) is 0.938. The van der Waals surface area contributed by atoms with Crippen molar-refractivity contribution in [2.24, 2.45) is 0 Å². The Morgan fingerprint density at radius 2 is 1.67 bits per heavy atom. The predicted molar refractivity (Wildman–Crippen MR) is 96.2 cm³/mol. The zero-order chi connectivity index (χ0) is 16.7. The molecule has 0 aromatic rings. The molecule has 0 rings (SSSR count). The molecular weight excluding hydrogens is 381 g/mol. The fourth-order valence-corrected chi connectivity index (χ4v) is 2.43. The molecule has 0 aliphatic rings. The second-order valence-electron chi connectivity index (χ2n) is 6.63. The molecule has 1 amide bonds. The van der Waals surface area contributed by atoms with Gasteiger partial charge < -0.3 is 14.4 Å². The molecule has 0 fully saturated rings. The summed E-state index contributed by atoms with van der Waals surface area (Å²) in [5.74, 6) is 0. The van der Waals surface area contributed by atoms with Crippen molar-refractivity contribution in [3.05, 3.63) is 0 Å². The summed E-state index contributed by atoms with van der Waals surface area (Å²) in [7, 11) is 0. The van der Waals surface area contributed by atoms with Crippen molar-refractivity contribution in [1.29, 1.82) is 0 Å². The summed E-state index contributed by atoms with van der Waals surface area (Å²) in [6.45, 7) is 15.1. The summed E-state index contributed by atoms with van der Waals surface area (Å²) < 4.78 is 12.5. The van der Waals surface area contributed by atoms with E-state index in [1.54, 1.807) is 4.90 Å². The molecule has 0 saturated carbocycles. The predicted octanol–water partition coefficient (Wildman–Crippen LogP) is 4.64. The maximum atomic E-state index is 12.3. The second-order valence-corrected chi connectivity index (χ2v) is 7.40. The Hall–Kier alpha value is -0.0400. The largest absolute Gasteiger partial charge is 0.444 e. The van der Waals surface area contributed by atoms with Crippen LogP contribution in [-0.2, 0) is 9.47 Å². The standard InChI is InChI=1S/C16H32INO3/c1-8-13(9-2)20-16(7,11-17)12-18(10-3)14(19)21-15(4,5)6/h13H,8-12H2,1-7H3. The molecule has 1 unspecified atom stereocenters. The summed E-state index contributed by atoms with van der Waals surface area (Å²) >= 11 is 2.33. The van der Waals surface area contributed by atoms with Gasteiger partial charge in [0.25, 0.3) is 0 Å². The van der Waals surface area contributed by atoms with Gasteiger partial charge in [-0.15, -0.1) is 0 Å². The minimum atomic E-state index is -0.471. The maximum Gasteiger partial charge on any atom is 0.410 e. The van der Waals surface area contributed by atoms with Gasteiger partial charge in [0.05, 0.1) is 18.2 Å². The van der Waals surface area contributed by atoms with Gasteiger partial charge in [-0.2, -0.15) is 0 Å². The molecule has 0 N–H and O–H groups in total. The van der Waals surface area contributed by atoms with Crippen LogP contribution in [0.5, 0.6) is 0 Å². The van der Waals surface area contributed by atoms with Gasteiger partial charge in [0, 0.05) is 11.0 Å². The van der Waals surface area contributed by atoms with E-state index in [1.165, 1.54) is 0 Å². The number of carbonyl (C=O) groups excluding carboxylic acids is 1. The Bertz CT molecular complexity index is 313. The van der Waals surface area contributed by atoms with Gasteiger partial charge in [-0.05, 0) is 47.5 Å². The van der Waals surface area contributed by atoms with Crippen molar-refractivity contribution in [2.45, 2.75) is 78.6 Å². The van der Waals surface area contributed by atoms with Crippen molar-refractivity contribution in [2.75, 3.05) is 17.5 Å². The number of nitrogens with zero attached hydrogens (tertiary/aromatic N) is 1. The highest BCUT2D eigenvalue weighted by molar-refractivity contribution is 14.1. The molecule has 0 radical (unpaired) electrons. The highest BCUT2D eigenvalue weighted by Crippen LogP contribution is 2.22. The minimum absolute atomic E-state index is 0.238. The first-order chi connectivity index (χ1) is 9.60. The van der Waals surface area contributed by atoms with Crippen LogP contribution in [0.1, 0.15) is 61.3 Å². The number of rotatable bonds is 8. The number of hydrogen-bond donors (Lipinski definition) is 0. The van der Waals surface area contributed by atoms with Crippen molar-refractivity contribution in [3.8, 4) is 0 Å². The van der Waals surface area contributed by atoms with Crippen LogP contribution in [0.3, 0.4) is 0 Å². The van der Waals surface area contributed by atoms with Crippen LogP contribution in [0.25, 0.3) is 0 Å². The molecule has 0 saturated heterocycles. The number of likely N-dealkylation sites (N-methyl/N-ethyl adjacent to an activating group) is 1.